The Hall–Kier alpha value is -2.38. The molecule has 0 saturated carbocycles. The van der Waals surface area contributed by atoms with Gasteiger partial charge in [-0.05, 0) is 42.0 Å². The van der Waals surface area contributed by atoms with Crippen molar-refractivity contribution in [2.24, 2.45) is 5.73 Å². The molecule has 8 heteroatoms. The van der Waals surface area contributed by atoms with Crippen LogP contribution in [0, 0.1) is 0 Å². The van der Waals surface area contributed by atoms with E-state index < -0.39 is 11.7 Å². The van der Waals surface area contributed by atoms with Gasteiger partial charge in [0.15, 0.2) is 5.82 Å². The summed E-state index contributed by atoms with van der Waals surface area (Å²) >= 11 is 6.16. The highest BCUT2D eigenvalue weighted by atomic mass is 35.5. The fourth-order valence-electron chi connectivity index (χ4n) is 2.18. The van der Waals surface area contributed by atoms with Crippen LogP contribution in [0.1, 0.15) is 11.1 Å². The molecule has 0 aliphatic carbocycles. The molecule has 24 heavy (non-hydrogen) atoms. The molecule has 1 heterocycles. The second-order valence-corrected chi connectivity index (χ2v) is 5.48. The van der Waals surface area contributed by atoms with Crippen molar-refractivity contribution >= 4 is 11.6 Å². The van der Waals surface area contributed by atoms with E-state index in [4.69, 9.17) is 17.3 Å². The van der Waals surface area contributed by atoms with Crippen LogP contribution in [-0.2, 0) is 12.7 Å². The summed E-state index contributed by atoms with van der Waals surface area (Å²) in [6, 6.07) is 9.96. The van der Waals surface area contributed by atoms with E-state index in [9.17, 15) is 13.2 Å². The predicted octanol–water partition coefficient (Wildman–Crippen LogP) is 4.07. The molecule has 0 unspecified atom stereocenters. The van der Waals surface area contributed by atoms with Crippen LogP contribution in [0.5, 0.6) is 0 Å². The van der Waals surface area contributed by atoms with Crippen molar-refractivity contribution < 1.29 is 13.2 Å². The zero-order valence-electron chi connectivity index (χ0n) is 12.3. The lowest BCUT2D eigenvalue weighted by Crippen LogP contribution is -2.05. The predicted molar refractivity (Wildman–Crippen MR) is 84.7 cm³/mol. The molecule has 0 spiro atoms. The average Bonchev–Trinajstić information content (AvgIpc) is 3.04. The molecular formula is C16H12ClF3N4. The summed E-state index contributed by atoms with van der Waals surface area (Å²) in [7, 11) is 0. The summed E-state index contributed by atoms with van der Waals surface area (Å²) in [6.07, 6.45) is -2.95. The molecule has 2 aromatic carbocycles. The van der Waals surface area contributed by atoms with E-state index in [0.29, 0.717) is 28.6 Å². The zero-order valence-corrected chi connectivity index (χ0v) is 13.0. The molecule has 0 radical (unpaired) electrons. The van der Waals surface area contributed by atoms with Gasteiger partial charge in [0, 0.05) is 12.1 Å². The molecule has 0 atom stereocenters. The summed E-state index contributed by atoms with van der Waals surface area (Å²) in [5.74, 6) is 0.371. The van der Waals surface area contributed by atoms with Gasteiger partial charge in [0.05, 0.1) is 16.3 Å². The third kappa shape index (κ3) is 3.27. The number of benzene rings is 2. The Morgan fingerprint density at radius 2 is 1.79 bits per heavy atom. The molecule has 0 aliphatic heterocycles. The van der Waals surface area contributed by atoms with Crippen LogP contribution in [0.25, 0.3) is 17.1 Å². The number of hydrogen-bond acceptors (Lipinski definition) is 3. The van der Waals surface area contributed by atoms with Crippen LogP contribution in [0.4, 0.5) is 13.2 Å². The summed E-state index contributed by atoms with van der Waals surface area (Å²) in [4.78, 5) is 4.17. The Balaban J connectivity index is 1.94. The molecule has 1 aromatic heterocycles. The Morgan fingerprint density at radius 1 is 1.08 bits per heavy atom. The molecule has 124 valence electrons. The largest absolute Gasteiger partial charge is 0.416 e. The molecule has 3 aromatic rings. The first kappa shape index (κ1) is 16.5. The third-order valence-electron chi connectivity index (χ3n) is 3.46. The number of rotatable bonds is 3. The Kier molecular flexibility index (Phi) is 4.29. The van der Waals surface area contributed by atoms with Gasteiger partial charge < -0.3 is 5.73 Å². The number of nitrogens with zero attached hydrogens (tertiary/aromatic N) is 3. The minimum Gasteiger partial charge on any atom is -0.326 e. The van der Waals surface area contributed by atoms with Gasteiger partial charge >= 0.3 is 6.18 Å². The Bertz CT molecular complexity index is 857. The third-order valence-corrected chi connectivity index (χ3v) is 3.79. The van der Waals surface area contributed by atoms with E-state index in [1.54, 1.807) is 18.2 Å². The molecule has 0 bridgehead atoms. The second-order valence-electron chi connectivity index (χ2n) is 5.08. The minimum atomic E-state index is -4.37. The van der Waals surface area contributed by atoms with Crippen molar-refractivity contribution in [3.63, 3.8) is 0 Å². The highest BCUT2D eigenvalue weighted by molar-refractivity contribution is 6.33. The van der Waals surface area contributed by atoms with Crippen LogP contribution in [0.2, 0.25) is 5.02 Å². The standard InChI is InChI=1S/C16H12ClF3N4/c17-14-6-1-10(8-21)7-13(14)15-22-9-24(23-15)12-4-2-11(3-5-12)16(18,19)20/h1-7,9H,8,21H2. The first-order valence-electron chi connectivity index (χ1n) is 6.96. The molecule has 0 saturated heterocycles. The smallest absolute Gasteiger partial charge is 0.326 e. The van der Waals surface area contributed by atoms with Crippen molar-refractivity contribution in [2.75, 3.05) is 0 Å². The number of aromatic nitrogens is 3. The molecule has 0 amide bonds. The van der Waals surface area contributed by atoms with Gasteiger partial charge in [0.25, 0.3) is 0 Å². The van der Waals surface area contributed by atoms with E-state index in [2.05, 4.69) is 10.1 Å². The van der Waals surface area contributed by atoms with Gasteiger partial charge in [-0.1, -0.05) is 17.7 Å². The van der Waals surface area contributed by atoms with Crippen molar-refractivity contribution in [1.29, 1.82) is 0 Å². The van der Waals surface area contributed by atoms with E-state index in [0.717, 1.165) is 17.7 Å². The van der Waals surface area contributed by atoms with E-state index in [1.807, 2.05) is 0 Å². The number of nitrogens with two attached hydrogens (primary N) is 1. The van der Waals surface area contributed by atoms with Crippen molar-refractivity contribution in [3.8, 4) is 17.1 Å². The van der Waals surface area contributed by atoms with Gasteiger partial charge in [-0.25, -0.2) is 9.67 Å². The maximum absolute atomic E-state index is 12.6. The first-order valence-corrected chi connectivity index (χ1v) is 7.34. The van der Waals surface area contributed by atoms with Gasteiger partial charge in [-0.2, -0.15) is 13.2 Å². The van der Waals surface area contributed by atoms with Gasteiger partial charge in [0.2, 0.25) is 0 Å². The topological polar surface area (TPSA) is 56.7 Å². The summed E-state index contributed by atoms with van der Waals surface area (Å²) in [6.45, 7) is 0.351. The summed E-state index contributed by atoms with van der Waals surface area (Å²) < 4.78 is 39.2. The quantitative estimate of drug-likeness (QED) is 0.773. The van der Waals surface area contributed by atoms with Crippen LogP contribution in [-0.4, -0.2) is 14.8 Å². The van der Waals surface area contributed by atoms with E-state index in [-0.39, 0.29) is 0 Å². The van der Waals surface area contributed by atoms with Crippen molar-refractivity contribution in [1.82, 2.24) is 14.8 Å². The molecule has 0 aliphatic rings. The van der Waals surface area contributed by atoms with Crippen LogP contribution < -0.4 is 5.73 Å². The maximum Gasteiger partial charge on any atom is 0.416 e. The number of halogens is 4. The molecular weight excluding hydrogens is 341 g/mol. The molecule has 3 rings (SSSR count). The summed E-state index contributed by atoms with van der Waals surface area (Å²) in [5, 5.41) is 4.75. The van der Waals surface area contributed by atoms with Crippen LogP contribution in [0.15, 0.2) is 48.8 Å². The van der Waals surface area contributed by atoms with Gasteiger partial charge in [-0.15, -0.1) is 5.10 Å². The fourth-order valence-corrected chi connectivity index (χ4v) is 2.39. The average molecular weight is 353 g/mol. The monoisotopic (exact) mass is 352 g/mol. The normalized spacial score (nSPS) is 11.7. The molecule has 4 nitrogen and oxygen atoms in total. The second kappa shape index (κ2) is 6.26. The maximum atomic E-state index is 12.6. The Labute approximate surface area is 140 Å². The lowest BCUT2D eigenvalue weighted by atomic mass is 10.1. The summed E-state index contributed by atoms with van der Waals surface area (Å²) in [5.41, 5.74) is 6.85. The number of hydrogen-bond donors (Lipinski definition) is 1. The zero-order chi connectivity index (χ0) is 17.3. The SMILES string of the molecule is NCc1ccc(Cl)c(-c2ncn(-c3ccc(C(F)(F)F)cc3)n2)c1. The van der Waals surface area contributed by atoms with Crippen molar-refractivity contribution in [2.45, 2.75) is 12.7 Å². The minimum absolute atomic E-state index is 0.351. The molecule has 0 fully saturated rings. The van der Waals surface area contributed by atoms with Gasteiger partial charge in [-0.3, -0.25) is 0 Å². The van der Waals surface area contributed by atoms with E-state index >= 15 is 0 Å². The highest BCUT2D eigenvalue weighted by Crippen LogP contribution is 2.30. The first-order chi connectivity index (χ1) is 11.4. The van der Waals surface area contributed by atoms with E-state index in [1.165, 1.54) is 23.1 Å². The van der Waals surface area contributed by atoms with Crippen molar-refractivity contribution in [3.05, 3.63) is 64.9 Å². The molecule has 2 N–H and O–H groups in total. The fraction of sp³-hybridized carbons (Fsp3) is 0.125. The number of alkyl halides is 3. The Morgan fingerprint density at radius 3 is 2.42 bits per heavy atom. The van der Waals surface area contributed by atoms with Crippen LogP contribution >= 0.6 is 11.6 Å². The lowest BCUT2D eigenvalue weighted by molar-refractivity contribution is -0.137. The lowest BCUT2D eigenvalue weighted by Gasteiger charge is -2.07. The van der Waals surface area contributed by atoms with Crippen LogP contribution in [0.3, 0.4) is 0 Å². The highest BCUT2D eigenvalue weighted by Gasteiger charge is 2.30. The van der Waals surface area contributed by atoms with Gasteiger partial charge in [0.1, 0.15) is 6.33 Å².